The second-order valence-corrected chi connectivity index (χ2v) is 9.48. The quantitative estimate of drug-likeness (QED) is 0.468. The number of esters is 1. The standard InChI is InChI=1S/C25H27N7O6/c1-36-24(34)19-14-30(9-10-31(19)25(35)38-16-11-21(33)27-12-16)20-6-8-32-22(29-20)18(13-28-32)17-3-2-7-26-23(17)37-15-4-5-15/h2-3,6-8,13,15-16,19H,4-5,9-12,14H2,1H3,(H,27,33)/t16-,19-/m0/s1. The number of anilines is 1. The van der Waals surface area contributed by atoms with Crippen molar-refractivity contribution in [2.75, 3.05) is 38.2 Å². The predicted molar refractivity (Wildman–Crippen MR) is 132 cm³/mol. The average molecular weight is 522 g/mol. The Morgan fingerprint density at radius 1 is 1.13 bits per heavy atom. The maximum Gasteiger partial charge on any atom is 0.410 e. The van der Waals surface area contributed by atoms with Crippen LogP contribution >= 0.6 is 0 Å². The Morgan fingerprint density at radius 2 is 2.00 bits per heavy atom. The number of hydrogen-bond acceptors (Lipinski definition) is 10. The maximum absolute atomic E-state index is 12.9. The number of rotatable bonds is 6. The number of piperazine rings is 1. The molecule has 198 valence electrons. The molecule has 13 heteroatoms. The highest BCUT2D eigenvalue weighted by atomic mass is 16.6. The van der Waals surface area contributed by atoms with Crippen molar-refractivity contribution in [3.63, 3.8) is 0 Å². The molecule has 1 saturated carbocycles. The van der Waals surface area contributed by atoms with Gasteiger partial charge in [-0.3, -0.25) is 9.69 Å². The van der Waals surface area contributed by atoms with E-state index in [1.807, 2.05) is 23.1 Å². The fourth-order valence-electron chi connectivity index (χ4n) is 4.68. The molecule has 5 heterocycles. The highest BCUT2D eigenvalue weighted by Gasteiger charge is 2.39. The Hall–Kier alpha value is -4.42. The molecule has 3 aromatic rings. The molecule has 2 amide bonds. The van der Waals surface area contributed by atoms with E-state index in [9.17, 15) is 14.4 Å². The van der Waals surface area contributed by atoms with Crippen LogP contribution in [0.1, 0.15) is 19.3 Å². The second kappa shape index (κ2) is 9.80. The summed E-state index contributed by atoms with van der Waals surface area (Å²) >= 11 is 0. The zero-order valence-corrected chi connectivity index (χ0v) is 20.8. The molecular formula is C25H27N7O6. The highest BCUT2D eigenvalue weighted by molar-refractivity contribution is 5.84. The lowest BCUT2D eigenvalue weighted by molar-refractivity contribution is -0.146. The van der Waals surface area contributed by atoms with Gasteiger partial charge in [-0.2, -0.15) is 5.10 Å². The van der Waals surface area contributed by atoms with Crippen LogP contribution in [0.2, 0.25) is 0 Å². The molecule has 2 atom stereocenters. The van der Waals surface area contributed by atoms with Gasteiger partial charge in [0.05, 0.1) is 38.4 Å². The normalized spacial score (nSPS) is 21.3. The van der Waals surface area contributed by atoms with Gasteiger partial charge in [-0.05, 0) is 31.0 Å². The number of nitrogens with one attached hydrogen (secondary N) is 1. The summed E-state index contributed by atoms with van der Waals surface area (Å²) < 4.78 is 18.1. The Balaban J connectivity index is 1.24. The number of ether oxygens (including phenoxy) is 3. The Labute approximate surface area is 217 Å². The number of hydrogen-bond donors (Lipinski definition) is 1. The Bertz CT molecular complexity index is 1390. The minimum atomic E-state index is -0.898. The SMILES string of the molecule is COC(=O)[C@@H]1CN(c2ccn3ncc(-c4cccnc4OC4CC4)c3n2)CCN1C(=O)O[C@@H]1CNC(=O)C1. The number of carbonyl (C=O) groups is 3. The van der Waals surface area contributed by atoms with Gasteiger partial charge in [0.2, 0.25) is 11.8 Å². The molecule has 0 unspecified atom stereocenters. The molecule has 1 N–H and O–H groups in total. The fourth-order valence-corrected chi connectivity index (χ4v) is 4.68. The number of pyridine rings is 1. The second-order valence-electron chi connectivity index (χ2n) is 9.48. The summed E-state index contributed by atoms with van der Waals surface area (Å²) in [4.78, 5) is 49.6. The Kier molecular flexibility index (Phi) is 6.18. The molecule has 6 rings (SSSR count). The van der Waals surface area contributed by atoms with Crippen molar-refractivity contribution in [3.8, 4) is 17.0 Å². The van der Waals surface area contributed by atoms with Crippen LogP contribution in [0.25, 0.3) is 16.8 Å². The first-order valence-corrected chi connectivity index (χ1v) is 12.5. The monoisotopic (exact) mass is 521 g/mol. The first-order valence-electron chi connectivity index (χ1n) is 12.5. The Morgan fingerprint density at radius 3 is 2.76 bits per heavy atom. The van der Waals surface area contributed by atoms with Gasteiger partial charge in [0, 0.05) is 31.0 Å². The number of methoxy groups -OCH3 is 1. The third-order valence-electron chi connectivity index (χ3n) is 6.84. The third kappa shape index (κ3) is 4.66. The molecular weight excluding hydrogens is 494 g/mol. The average Bonchev–Trinajstić information content (AvgIpc) is 3.51. The largest absolute Gasteiger partial charge is 0.474 e. The van der Waals surface area contributed by atoms with Gasteiger partial charge in [-0.1, -0.05) is 0 Å². The van der Waals surface area contributed by atoms with Crippen LogP contribution in [0.15, 0.2) is 36.8 Å². The van der Waals surface area contributed by atoms with Crippen molar-refractivity contribution in [3.05, 3.63) is 36.8 Å². The van der Waals surface area contributed by atoms with E-state index in [-0.39, 0.29) is 38.1 Å². The van der Waals surface area contributed by atoms with E-state index in [0.29, 0.717) is 23.9 Å². The molecule has 0 aromatic carbocycles. The lowest BCUT2D eigenvalue weighted by Crippen LogP contribution is -2.59. The number of carbonyl (C=O) groups excluding carboxylic acids is 3. The van der Waals surface area contributed by atoms with Gasteiger partial charge in [-0.15, -0.1) is 0 Å². The van der Waals surface area contributed by atoms with Crippen molar-refractivity contribution >= 4 is 29.4 Å². The van der Waals surface area contributed by atoms with Gasteiger partial charge < -0.3 is 24.4 Å². The fraction of sp³-hybridized carbons (Fsp3) is 0.440. The minimum Gasteiger partial charge on any atom is -0.474 e. The molecule has 0 bridgehead atoms. The smallest absolute Gasteiger partial charge is 0.410 e. The van der Waals surface area contributed by atoms with Crippen LogP contribution in [0, 0.1) is 0 Å². The van der Waals surface area contributed by atoms with Crippen LogP contribution < -0.4 is 15.0 Å². The van der Waals surface area contributed by atoms with Crippen LogP contribution in [-0.2, 0) is 19.1 Å². The number of fused-ring (bicyclic) bond motifs is 1. The summed E-state index contributed by atoms with van der Waals surface area (Å²) in [6, 6.07) is 4.69. The van der Waals surface area contributed by atoms with Crippen molar-refractivity contribution < 1.29 is 28.6 Å². The van der Waals surface area contributed by atoms with Gasteiger partial charge in [-0.25, -0.2) is 24.1 Å². The van der Waals surface area contributed by atoms with E-state index >= 15 is 0 Å². The molecule has 0 radical (unpaired) electrons. The van der Waals surface area contributed by atoms with E-state index < -0.39 is 24.2 Å². The van der Waals surface area contributed by atoms with Crippen LogP contribution in [0.4, 0.5) is 10.6 Å². The molecule has 3 aromatic heterocycles. The molecule has 3 aliphatic rings. The molecule has 0 spiro atoms. The number of aromatic nitrogens is 4. The van der Waals surface area contributed by atoms with Crippen LogP contribution in [0.5, 0.6) is 5.88 Å². The third-order valence-corrected chi connectivity index (χ3v) is 6.84. The molecule has 13 nitrogen and oxygen atoms in total. The number of nitrogens with zero attached hydrogens (tertiary/aromatic N) is 6. The van der Waals surface area contributed by atoms with Gasteiger partial charge >= 0.3 is 12.1 Å². The molecule has 1 aliphatic carbocycles. The predicted octanol–water partition coefficient (Wildman–Crippen LogP) is 1.02. The van der Waals surface area contributed by atoms with Crippen molar-refractivity contribution in [2.45, 2.75) is 37.5 Å². The van der Waals surface area contributed by atoms with Gasteiger partial charge in [0.25, 0.3) is 0 Å². The van der Waals surface area contributed by atoms with Crippen LogP contribution in [-0.4, -0.2) is 94.0 Å². The first-order chi connectivity index (χ1) is 18.5. The van der Waals surface area contributed by atoms with Gasteiger partial charge in [0.1, 0.15) is 18.0 Å². The zero-order chi connectivity index (χ0) is 26.2. The topological polar surface area (TPSA) is 140 Å². The van der Waals surface area contributed by atoms with E-state index in [1.54, 1.807) is 23.1 Å². The van der Waals surface area contributed by atoms with Crippen LogP contribution in [0.3, 0.4) is 0 Å². The summed E-state index contributed by atoms with van der Waals surface area (Å²) in [5, 5.41) is 7.08. The van der Waals surface area contributed by atoms with E-state index in [0.717, 1.165) is 24.0 Å². The lowest BCUT2D eigenvalue weighted by atomic mass is 10.1. The molecule has 2 saturated heterocycles. The van der Waals surface area contributed by atoms with Crippen molar-refractivity contribution in [1.29, 1.82) is 0 Å². The molecule has 2 aliphatic heterocycles. The van der Waals surface area contributed by atoms with E-state index in [1.165, 1.54) is 12.0 Å². The summed E-state index contributed by atoms with van der Waals surface area (Å²) in [7, 11) is 1.28. The summed E-state index contributed by atoms with van der Waals surface area (Å²) in [5.74, 6) is 0.445. The highest BCUT2D eigenvalue weighted by Crippen LogP contribution is 2.35. The zero-order valence-electron chi connectivity index (χ0n) is 20.8. The van der Waals surface area contributed by atoms with E-state index in [4.69, 9.17) is 19.2 Å². The van der Waals surface area contributed by atoms with Crippen molar-refractivity contribution in [1.82, 2.24) is 29.8 Å². The molecule has 3 fully saturated rings. The summed E-state index contributed by atoms with van der Waals surface area (Å²) in [6.45, 7) is 1.06. The maximum atomic E-state index is 12.9. The van der Waals surface area contributed by atoms with Crippen molar-refractivity contribution in [2.24, 2.45) is 0 Å². The first kappa shape index (κ1) is 23.9. The lowest BCUT2D eigenvalue weighted by Gasteiger charge is -2.39. The summed E-state index contributed by atoms with van der Waals surface area (Å²) in [5.41, 5.74) is 2.20. The molecule has 38 heavy (non-hydrogen) atoms. The summed E-state index contributed by atoms with van der Waals surface area (Å²) in [6.07, 6.45) is 6.36. The van der Waals surface area contributed by atoms with Gasteiger partial charge in [0.15, 0.2) is 11.7 Å². The van der Waals surface area contributed by atoms with E-state index in [2.05, 4.69) is 15.4 Å². The minimum absolute atomic E-state index is 0.108. The number of amides is 2.